The molecule has 136 valence electrons. The van der Waals surface area contributed by atoms with Crippen LogP contribution in [0.25, 0.3) is 0 Å². The molecule has 7 nitrogen and oxygen atoms in total. The lowest BCUT2D eigenvalue weighted by Gasteiger charge is -2.09. The van der Waals surface area contributed by atoms with Crippen molar-refractivity contribution in [3.05, 3.63) is 59.2 Å². The van der Waals surface area contributed by atoms with Gasteiger partial charge in [0.2, 0.25) is 0 Å². The van der Waals surface area contributed by atoms with Crippen LogP contribution >= 0.6 is 0 Å². The largest absolute Gasteiger partial charge is 0.507 e. The predicted molar refractivity (Wildman–Crippen MR) is 85.3 cm³/mol. The summed E-state index contributed by atoms with van der Waals surface area (Å²) in [5, 5.41) is 18.3. The number of halogens is 3. The summed E-state index contributed by atoms with van der Waals surface area (Å²) in [5.41, 5.74) is 3.14. The first kappa shape index (κ1) is 18.8. The van der Waals surface area contributed by atoms with Gasteiger partial charge in [-0.2, -0.15) is 13.2 Å². The van der Waals surface area contributed by atoms with Gasteiger partial charge in [-0.1, -0.05) is 6.07 Å². The van der Waals surface area contributed by atoms with Crippen molar-refractivity contribution >= 4 is 23.9 Å². The molecule has 0 saturated heterocycles. The fourth-order valence-electron chi connectivity index (χ4n) is 1.89. The van der Waals surface area contributed by atoms with Crippen molar-refractivity contribution in [2.75, 3.05) is 0 Å². The molecule has 0 radical (unpaired) electrons. The lowest BCUT2D eigenvalue weighted by atomic mass is 10.1. The van der Waals surface area contributed by atoms with Crippen LogP contribution in [0.5, 0.6) is 5.75 Å². The number of carboxylic acid groups (broad SMARTS) is 1. The number of benzene rings is 2. The van der Waals surface area contributed by atoms with Crippen molar-refractivity contribution in [1.82, 2.24) is 10.9 Å². The first-order valence-corrected chi connectivity index (χ1v) is 7.00. The van der Waals surface area contributed by atoms with Crippen molar-refractivity contribution < 1.29 is 33.0 Å². The normalized spacial score (nSPS) is 11.3. The molecule has 0 unspecified atom stereocenters. The lowest BCUT2D eigenvalue weighted by molar-refractivity contribution is -0.137. The highest BCUT2D eigenvalue weighted by molar-refractivity contribution is 5.94. The number of amides is 1. The molecule has 0 atom stereocenters. The summed E-state index contributed by atoms with van der Waals surface area (Å²) >= 11 is 0. The van der Waals surface area contributed by atoms with Crippen LogP contribution in [0.4, 0.5) is 18.9 Å². The molecular formula is C16H12F3N3O4. The summed E-state index contributed by atoms with van der Waals surface area (Å²) in [7, 11) is 0. The molecule has 10 heteroatoms. The first-order valence-electron chi connectivity index (χ1n) is 7.00. The zero-order valence-corrected chi connectivity index (χ0v) is 12.9. The number of aromatic carboxylic acids is 1. The van der Waals surface area contributed by atoms with E-state index in [0.717, 1.165) is 30.6 Å². The molecule has 2 aromatic rings. The molecule has 26 heavy (non-hydrogen) atoms. The van der Waals surface area contributed by atoms with Crippen LogP contribution in [-0.2, 0) is 6.18 Å². The summed E-state index contributed by atoms with van der Waals surface area (Å²) in [5.74, 6) is -2.60. The molecule has 0 fully saturated rings. The van der Waals surface area contributed by atoms with Crippen molar-refractivity contribution in [2.45, 2.75) is 6.18 Å². The number of hydrogen-bond acceptors (Lipinski definition) is 4. The van der Waals surface area contributed by atoms with E-state index in [1.165, 1.54) is 12.1 Å². The number of aliphatic imine (C=N–C) groups is 1. The van der Waals surface area contributed by atoms with Gasteiger partial charge in [-0.15, -0.1) is 0 Å². The zero-order chi connectivity index (χ0) is 19.3. The molecule has 0 bridgehead atoms. The molecule has 1 amide bonds. The Morgan fingerprint density at radius 1 is 1.12 bits per heavy atom. The topological polar surface area (TPSA) is 111 Å². The number of hydrazine groups is 1. The molecule has 4 N–H and O–H groups in total. The van der Waals surface area contributed by atoms with Gasteiger partial charge in [0.05, 0.1) is 11.3 Å². The highest BCUT2D eigenvalue weighted by Crippen LogP contribution is 2.29. The van der Waals surface area contributed by atoms with Crippen LogP contribution in [0, 0.1) is 0 Å². The van der Waals surface area contributed by atoms with Gasteiger partial charge in [0.15, 0.2) is 0 Å². The summed E-state index contributed by atoms with van der Waals surface area (Å²) in [6.45, 7) is 0. The molecule has 2 rings (SSSR count). The van der Waals surface area contributed by atoms with E-state index in [9.17, 15) is 27.9 Å². The molecule has 0 aromatic heterocycles. The highest BCUT2D eigenvalue weighted by Gasteiger charge is 2.30. The summed E-state index contributed by atoms with van der Waals surface area (Å²) in [6.07, 6.45) is -3.55. The van der Waals surface area contributed by atoms with E-state index in [4.69, 9.17) is 5.11 Å². The Labute approximate surface area is 144 Å². The van der Waals surface area contributed by atoms with Gasteiger partial charge >= 0.3 is 12.1 Å². The average Bonchev–Trinajstić information content (AvgIpc) is 2.57. The maximum absolute atomic E-state index is 12.6. The van der Waals surface area contributed by atoms with E-state index in [2.05, 4.69) is 15.8 Å². The second kappa shape index (κ2) is 7.55. The number of carbonyl (C=O) groups excluding carboxylic acids is 1. The monoisotopic (exact) mass is 367 g/mol. The second-order valence-electron chi connectivity index (χ2n) is 4.94. The molecular weight excluding hydrogens is 355 g/mol. The summed E-state index contributed by atoms with van der Waals surface area (Å²) < 4.78 is 37.8. The second-order valence-corrected chi connectivity index (χ2v) is 4.94. The minimum Gasteiger partial charge on any atom is -0.507 e. The van der Waals surface area contributed by atoms with Gasteiger partial charge in [0.1, 0.15) is 17.7 Å². The van der Waals surface area contributed by atoms with Crippen LogP contribution in [0.2, 0.25) is 0 Å². The van der Waals surface area contributed by atoms with Gasteiger partial charge in [0, 0.05) is 11.6 Å². The van der Waals surface area contributed by atoms with Crippen LogP contribution < -0.4 is 10.9 Å². The van der Waals surface area contributed by atoms with E-state index in [1.54, 1.807) is 0 Å². The van der Waals surface area contributed by atoms with Crippen molar-refractivity contribution in [1.29, 1.82) is 0 Å². The Bertz CT molecular complexity index is 866. The van der Waals surface area contributed by atoms with Crippen LogP contribution in [0.3, 0.4) is 0 Å². The molecule has 0 aliphatic carbocycles. The molecule has 0 saturated carbocycles. The Balaban J connectivity index is 1.97. The zero-order valence-electron chi connectivity index (χ0n) is 12.9. The smallest absolute Gasteiger partial charge is 0.416 e. The first-order chi connectivity index (χ1) is 12.2. The Hall–Kier alpha value is -3.56. The maximum atomic E-state index is 12.6. The average molecular weight is 367 g/mol. The molecule has 0 aliphatic rings. The minimum absolute atomic E-state index is 0.188. The van der Waals surface area contributed by atoms with Crippen LogP contribution in [0.1, 0.15) is 26.3 Å². The van der Waals surface area contributed by atoms with Crippen molar-refractivity contribution in [3.63, 3.8) is 0 Å². The standard InChI is InChI=1S/C16H12F3N3O4/c17-16(18,19)10-3-1-2-9(6-10)14(24)22-21-8-20-11-4-5-12(15(25)26)13(23)7-11/h1-8,23H,(H,20,21)(H,22,24)(H,25,26). The van der Waals surface area contributed by atoms with Crippen molar-refractivity contribution in [3.8, 4) is 5.75 Å². The van der Waals surface area contributed by atoms with E-state index in [-0.39, 0.29) is 16.8 Å². The molecule has 0 heterocycles. The highest BCUT2D eigenvalue weighted by atomic mass is 19.4. The Morgan fingerprint density at radius 2 is 1.85 bits per heavy atom. The van der Waals surface area contributed by atoms with E-state index in [0.29, 0.717) is 6.07 Å². The number of alkyl halides is 3. The number of rotatable bonds is 5. The van der Waals surface area contributed by atoms with Gasteiger partial charge < -0.3 is 10.2 Å². The fraction of sp³-hybridized carbons (Fsp3) is 0.0625. The quantitative estimate of drug-likeness (QED) is 0.369. The third-order valence-electron chi connectivity index (χ3n) is 3.13. The van der Waals surface area contributed by atoms with Crippen molar-refractivity contribution in [2.24, 2.45) is 4.99 Å². The number of nitrogens with one attached hydrogen (secondary N) is 2. The summed E-state index contributed by atoms with van der Waals surface area (Å²) in [6, 6.07) is 7.43. The maximum Gasteiger partial charge on any atom is 0.416 e. The third-order valence-corrected chi connectivity index (χ3v) is 3.13. The number of carbonyl (C=O) groups is 2. The Morgan fingerprint density at radius 3 is 2.46 bits per heavy atom. The minimum atomic E-state index is -4.56. The third kappa shape index (κ3) is 4.72. The fourth-order valence-corrected chi connectivity index (χ4v) is 1.89. The predicted octanol–water partition coefficient (Wildman–Crippen LogP) is 2.70. The van der Waals surface area contributed by atoms with Crippen LogP contribution in [0.15, 0.2) is 47.5 Å². The van der Waals surface area contributed by atoms with E-state index >= 15 is 0 Å². The van der Waals surface area contributed by atoms with Gasteiger partial charge in [-0.05, 0) is 30.3 Å². The van der Waals surface area contributed by atoms with Gasteiger partial charge in [0.25, 0.3) is 5.91 Å². The number of nitrogens with zero attached hydrogens (tertiary/aromatic N) is 1. The molecule has 0 spiro atoms. The number of carboxylic acids is 1. The summed E-state index contributed by atoms with van der Waals surface area (Å²) in [4.78, 5) is 26.4. The molecule has 2 aromatic carbocycles. The SMILES string of the molecule is O=C(NNC=Nc1ccc(C(=O)O)c(O)c1)c1cccc(C(F)(F)F)c1. The lowest BCUT2D eigenvalue weighted by Crippen LogP contribution is -2.36. The number of aromatic hydroxyl groups is 1. The van der Waals surface area contributed by atoms with Crippen LogP contribution in [-0.4, -0.2) is 28.4 Å². The van der Waals surface area contributed by atoms with Gasteiger partial charge in [-0.25, -0.2) is 9.79 Å². The Kier molecular flexibility index (Phi) is 5.45. The van der Waals surface area contributed by atoms with E-state index in [1.807, 2.05) is 0 Å². The van der Waals surface area contributed by atoms with Gasteiger partial charge in [-0.3, -0.25) is 15.6 Å². The van der Waals surface area contributed by atoms with E-state index < -0.39 is 29.4 Å². The number of hydrogen-bond donors (Lipinski definition) is 4. The number of phenols is 1. The molecule has 0 aliphatic heterocycles.